The van der Waals surface area contributed by atoms with Crippen LogP contribution >= 0.6 is 0 Å². The Morgan fingerprint density at radius 3 is 2.34 bits per heavy atom. The van der Waals surface area contributed by atoms with Gasteiger partial charge < -0.3 is 10.1 Å². The molecule has 1 unspecified atom stereocenters. The summed E-state index contributed by atoms with van der Waals surface area (Å²) in [5.41, 5.74) is 12.2. The molecule has 0 saturated carbocycles. The smallest absolute Gasteiger partial charge is 0.129 e. The fourth-order valence-electron chi connectivity index (χ4n) is 6.00. The molecule has 6 aromatic rings. The van der Waals surface area contributed by atoms with Crippen LogP contribution in [0.3, 0.4) is 0 Å². The minimum Gasteiger partial charge on any atom is -0.457 e. The van der Waals surface area contributed by atoms with Crippen LogP contribution in [-0.2, 0) is 0 Å². The third-order valence-corrected chi connectivity index (χ3v) is 7.87. The minimum absolute atomic E-state index is 0.0753. The van der Waals surface area contributed by atoms with Crippen LogP contribution in [0.4, 0.5) is 11.4 Å². The molecule has 41 heavy (non-hydrogen) atoms. The van der Waals surface area contributed by atoms with Crippen molar-refractivity contribution in [3.05, 3.63) is 156 Å². The van der Waals surface area contributed by atoms with Crippen LogP contribution in [0.5, 0.6) is 11.5 Å². The third-order valence-electron chi connectivity index (χ3n) is 7.87. The van der Waals surface area contributed by atoms with E-state index in [0.29, 0.717) is 0 Å². The number of nitrogens with one attached hydrogen (secondary N) is 1. The Morgan fingerprint density at radius 2 is 1.39 bits per heavy atom. The number of anilines is 2. The molecule has 0 amide bonds. The van der Waals surface area contributed by atoms with Gasteiger partial charge in [0.15, 0.2) is 0 Å². The summed E-state index contributed by atoms with van der Waals surface area (Å²) in [4.78, 5) is 9.38. The number of para-hydroxylation sites is 1. The Morgan fingerprint density at radius 1 is 0.585 bits per heavy atom. The van der Waals surface area contributed by atoms with Crippen molar-refractivity contribution in [2.24, 2.45) is 0 Å². The highest BCUT2D eigenvalue weighted by atomic mass is 16.5. The number of rotatable bonds is 4. The molecule has 194 valence electrons. The second-order valence-corrected chi connectivity index (χ2v) is 10.3. The molecule has 0 radical (unpaired) electrons. The molecule has 0 bridgehead atoms. The highest BCUT2D eigenvalue weighted by molar-refractivity contribution is 5.94. The lowest BCUT2D eigenvalue weighted by molar-refractivity contribution is 0.482. The molecule has 1 atom stereocenters. The lowest BCUT2D eigenvalue weighted by Gasteiger charge is -2.17. The molecule has 4 aromatic carbocycles. The Bertz CT molecular complexity index is 1920. The lowest BCUT2D eigenvalue weighted by Crippen LogP contribution is -2.01. The van der Waals surface area contributed by atoms with E-state index in [-0.39, 0.29) is 5.92 Å². The van der Waals surface area contributed by atoms with Gasteiger partial charge in [-0.15, -0.1) is 0 Å². The number of nitrogens with zero attached hydrogens (tertiary/aromatic N) is 2. The van der Waals surface area contributed by atoms with E-state index in [1.54, 1.807) is 0 Å². The van der Waals surface area contributed by atoms with Crippen LogP contribution in [0.2, 0.25) is 0 Å². The molecule has 0 spiro atoms. The van der Waals surface area contributed by atoms with Gasteiger partial charge in [0.05, 0.1) is 23.0 Å². The lowest BCUT2D eigenvalue weighted by atomic mass is 9.92. The molecule has 4 nitrogen and oxygen atoms in total. The van der Waals surface area contributed by atoms with Gasteiger partial charge in [0.1, 0.15) is 11.5 Å². The number of hydrogen-bond acceptors (Lipinski definition) is 4. The zero-order valence-corrected chi connectivity index (χ0v) is 22.2. The summed E-state index contributed by atoms with van der Waals surface area (Å²) in [6.07, 6.45) is 8.00. The Hall–Kier alpha value is -5.48. The van der Waals surface area contributed by atoms with Crippen molar-refractivity contribution in [1.29, 1.82) is 0 Å². The van der Waals surface area contributed by atoms with E-state index >= 15 is 0 Å². The molecule has 2 aliphatic rings. The monoisotopic (exact) mass is 527 g/mol. The van der Waals surface area contributed by atoms with Crippen LogP contribution < -0.4 is 10.1 Å². The minimum atomic E-state index is 0.0753. The first kappa shape index (κ1) is 23.4. The van der Waals surface area contributed by atoms with Crippen molar-refractivity contribution in [1.82, 2.24) is 9.97 Å². The van der Waals surface area contributed by atoms with E-state index in [1.807, 2.05) is 48.8 Å². The predicted octanol–water partition coefficient (Wildman–Crippen LogP) is 9.32. The summed E-state index contributed by atoms with van der Waals surface area (Å²) in [6, 6.07) is 39.6. The summed E-state index contributed by atoms with van der Waals surface area (Å²) in [5, 5.41) is 3.68. The predicted molar refractivity (Wildman–Crippen MR) is 165 cm³/mol. The maximum absolute atomic E-state index is 6.47. The van der Waals surface area contributed by atoms with Gasteiger partial charge in [0.2, 0.25) is 0 Å². The highest BCUT2D eigenvalue weighted by Crippen LogP contribution is 2.47. The number of benzene rings is 4. The fourth-order valence-corrected chi connectivity index (χ4v) is 6.00. The van der Waals surface area contributed by atoms with E-state index in [2.05, 4.69) is 101 Å². The maximum Gasteiger partial charge on any atom is 0.129 e. The van der Waals surface area contributed by atoms with Crippen LogP contribution in [0, 0.1) is 0 Å². The van der Waals surface area contributed by atoms with Crippen LogP contribution in [0.1, 0.15) is 33.9 Å². The Balaban J connectivity index is 1.13. The van der Waals surface area contributed by atoms with Gasteiger partial charge >= 0.3 is 0 Å². The molecular weight excluding hydrogens is 502 g/mol. The molecule has 1 aliphatic carbocycles. The van der Waals surface area contributed by atoms with E-state index < -0.39 is 0 Å². The first-order chi connectivity index (χ1) is 20.3. The summed E-state index contributed by atoms with van der Waals surface area (Å²) in [7, 11) is 0. The van der Waals surface area contributed by atoms with E-state index in [0.717, 1.165) is 56.5 Å². The van der Waals surface area contributed by atoms with Crippen molar-refractivity contribution in [3.63, 3.8) is 0 Å². The van der Waals surface area contributed by atoms with Crippen LogP contribution in [0.25, 0.3) is 34.5 Å². The molecular formula is C37H25N3O. The molecule has 8 rings (SSSR count). The SMILES string of the molecule is C1=Cc2cccc(-c3ccccn3)c2Nc2cc(Oc3cccc(C4c5ccccc5-c5cccnc54)c3)ccc21. The molecule has 1 aliphatic heterocycles. The van der Waals surface area contributed by atoms with Gasteiger partial charge in [-0.25, -0.2) is 0 Å². The average molecular weight is 528 g/mol. The first-order valence-electron chi connectivity index (χ1n) is 13.8. The maximum atomic E-state index is 6.47. The number of ether oxygens (including phenoxy) is 1. The average Bonchev–Trinajstić information content (AvgIpc) is 3.24. The zero-order valence-electron chi connectivity index (χ0n) is 22.2. The summed E-state index contributed by atoms with van der Waals surface area (Å²) < 4.78 is 6.47. The molecule has 1 N–H and O–H groups in total. The van der Waals surface area contributed by atoms with Gasteiger partial charge in [-0.05, 0) is 70.3 Å². The Labute approximate surface area is 238 Å². The number of hydrogen-bond donors (Lipinski definition) is 1. The zero-order chi connectivity index (χ0) is 27.2. The largest absolute Gasteiger partial charge is 0.457 e. The number of fused-ring (bicyclic) bond motifs is 5. The van der Waals surface area contributed by atoms with Gasteiger partial charge in [0.25, 0.3) is 0 Å². The summed E-state index contributed by atoms with van der Waals surface area (Å²) in [5.74, 6) is 1.64. The first-order valence-corrected chi connectivity index (χ1v) is 13.8. The van der Waals surface area contributed by atoms with Gasteiger partial charge in [-0.2, -0.15) is 0 Å². The normalized spacial score (nSPS) is 14.2. The van der Waals surface area contributed by atoms with Crippen molar-refractivity contribution in [2.45, 2.75) is 5.92 Å². The number of aromatic nitrogens is 2. The second-order valence-electron chi connectivity index (χ2n) is 10.3. The Kier molecular flexibility index (Phi) is 5.49. The standard InChI is InChI=1S/C37H25N3O/c1-2-12-30-29(11-1)31-14-7-21-39-37(31)35(30)26-9-5-10-27(22-26)41-28-19-18-24-16-17-25-8-6-13-32(33-15-3-4-20-38-33)36(25)40-34(24)23-28/h1-23,35,40H. The van der Waals surface area contributed by atoms with Gasteiger partial charge in [-0.1, -0.05) is 78.9 Å². The van der Waals surface area contributed by atoms with E-state index in [9.17, 15) is 0 Å². The summed E-state index contributed by atoms with van der Waals surface area (Å²) >= 11 is 0. The highest BCUT2D eigenvalue weighted by Gasteiger charge is 2.31. The molecule has 2 aromatic heterocycles. The fraction of sp³-hybridized carbons (Fsp3) is 0.0270. The topological polar surface area (TPSA) is 47.0 Å². The second kappa shape index (κ2) is 9.61. The van der Waals surface area contributed by atoms with Gasteiger partial charge in [0, 0.05) is 35.3 Å². The molecule has 4 heteroatoms. The molecule has 0 saturated heterocycles. The van der Waals surface area contributed by atoms with Crippen molar-refractivity contribution >= 4 is 23.5 Å². The third kappa shape index (κ3) is 4.09. The van der Waals surface area contributed by atoms with Crippen molar-refractivity contribution in [2.75, 3.05) is 5.32 Å². The van der Waals surface area contributed by atoms with Crippen molar-refractivity contribution in [3.8, 4) is 33.9 Å². The molecule has 0 fully saturated rings. The van der Waals surface area contributed by atoms with Crippen LogP contribution in [0.15, 0.2) is 128 Å². The molecule has 3 heterocycles. The summed E-state index contributed by atoms with van der Waals surface area (Å²) in [6.45, 7) is 0. The van der Waals surface area contributed by atoms with Crippen molar-refractivity contribution < 1.29 is 4.74 Å². The van der Waals surface area contributed by atoms with E-state index in [4.69, 9.17) is 9.72 Å². The van der Waals surface area contributed by atoms with Crippen LogP contribution in [-0.4, -0.2) is 9.97 Å². The van der Waals surface area contributed by atoms with Gasteiger partial charge in [-0.3, -0.25) is 9.97 Å². The number of pyridine rings is 2. The van der Waals surface area contributed by atoms with E-state index in [1.165, 1.54) is 16.7 Å². The quantitative estimate of drug-likeness (QED) is 0.248.